The van der Waals surface area contributed by atoms with E-state index in [1.165, 1.54) is 17.6 Å². The summed E-state index contributed by atoms with van der Waals surface area (Å²) in [5, 5.41) is 17.2. The van der Waals surface area contributed by atoms with Crippen LogP contribution in [0.5, 0.6) is 0 Å². The fourth-order valence-corrected chi connectivity index (χ4v) is 2.54. The lowest BCUT2D eigenvalue weighted by Gasteiger charge is -2.25. The lowest BCUT2D eigenvalue weighted by Crippen LogP contribution is -2.42. The minimum Gasteiger partial charge on any atom is -0.466 e. The third-order valence-corrected chi connectivity index (χ3v) is 3.59. The molecule has 0 saturated heterocycles. The number of ether oxygens (including phenoxy) is 1. The molecular formula is C14H17NO4S. The summed E-state index contributed by atoms with van der Waals surface area (Å²) in [6.45, 7) is 2.30. The van der Waals surface area contributed by atoms with Crippen molar-refractivity contribution in [1.82, 2.24) is 5.32 Å². The molecule has 2 rings (SSSR count). The Bertz CT molecular complexity index is 487. The number of nitrogens with one attached hydrogen (secondary N) is 1. The van der Waals surface area contributed by atoms with Crippen molar-refractivity contribution in [3.05, 3.63) is 46.5 Å². The SMILES string of the molecule is CCOCC(=O)NC[C@](O)(c1ccsc1)c1ccco1. The van der Waals surface area contributed by atoms with E-state index in [0.29, 0.717) is 17.9 Å². The van der Waals surface area contributed by atoms with Gasteiger partial charge in [-0.25, -0.2) is 0 Å². The quantitative estimate of drug-likeness (QED) is 0.816. The molecule has 0 radical (unpaired) electrons. The molecule has 6 heteroatoms. The van der Waals surface area contributed by atoms with E-state index in [1.807, 2.05) is 23.8 Å². The molecular weight excluding hydrogens is 278 g/mol. The van der Waals surface area contributed by atoms with Gasteiger partial charge in [0.05, 0.1) is 12.8 Å². The van der Waals surface area contributed by atoms with Crippen LogP contribution in [-0.2, 0) is 15.1 Å². The largest absolute Gasteiger partial charge is 0.466 e. The van der Waals surface area contributed by atoms with Crippen LogP contribution in [0.25, 0.3) is 0 Å². The van der Waals surface area contributed by atoms with Crippen molar-refractivity contribution in [2.45, 2.75) is 12.5 Å². The molecule has 2 aromatic heterocycles. The molecule has 0 saturated carbocycles. The van der Waals surface area contributed by atoms with Crippen LogP contribution >= 0.6 is 11.3 Å². The molecule has 0 spiro atoms. The van der Waals surface area contributed by atoms with Crippen LogP contribution in [0.3, 0.4) is 0 Å². The highest BCUT2D eigenvalue weighted by atomic mass is 32.1. The Morgan fingerprint density at radius 3 is 3.00 bits per heavy atom. The first-order valence-corrected chi connectivity index (χ1v) is 7.24. The summed E-state index contributed by atoms with van der Waals surface area (Å²) in [6.07, 6.45) is 1.49. The molecule has 5 nitrogen and oxygen atoms in total. The highest BCUT2D eigenvalue weighted by molar-refractivity contribution is 7.08. The van der Waals surface area contributed by atoms with Gasteiger partial charge in [0, 0.05) is 12.2 Å². The average molecular weight is 295 g/mol. The predicted octanol–water partition coefficient (Wildman–Crippen LogP) is 1.73. The molecule has 0 aliphatic heterocycles. The van der Waals surface area contributed by atoms with Crippen LogP contribution in [0, 0.1) is 0 Å². The topological polar surface area (TPSA) is 71.7 Å². The van der Waals surface area contributed by atoms with Gasteiger partial charge in [0.1, 0.15) is 12.4 Å². The second-order valence-electron chi connectivity index (χ2n) is 4.26. The van der Waals surface area contributed by atoms with Gasteiger partial charge in [0.2, 0.25) is 5.91 Å². The number of hydrogen-bond donors (Lipinski definition) is 2. The summed E-state index contributed by atoms with van der Waals surface area (Å²) in [5.41, 5.74) is -0.681. The molecule has 0 fully saturated rings. The first-order valence-electron chi connectivity index (χ1n) is 6.30. The van der Waals surface area contributed by atoms with E-state index in [-0.39, 0.29) is 19.1 Å². The predicted molar refractivity (Wildman–Crippen MR) is 75.5 cm³/mol. The van der Waals surface area contributed by atoms with E-state index < -0.39 is 5.60 Å². The Morgan fingerprint density at radius 1 is 1.55 bits per heavy atom. The van der Waals surface area contributed by atoms with Gasteiger partial charge < -0.3 is 19.6 Å². The van der Waals surface area contributed by atoms with Crippen molar-refractivity contribution < 1.29 is 19.1 Å². The minimum atomic E-state index is -1.37. The van der Waals surface area contributed by atoms with Gasteiger partial charge in [0.25, 0.3) is 0 Å². The van der Waals surface area contributed by atoms with Crippen molar-refractivity contribution >= 4 is 17.2 Å². The second-order valence-corrected chi connectivity index (χ2v) is 5.04. The summed E-state index contributed by atoms with van der Waals surface area (Å²) in [4.78, 5) is 11.6. The van der Waals surface area contributed by atoms with E-state index in [1.54, 1.807) is 12.1 Å². The third-order valence-electron chi connectivity index (χ3n) is 2.91. The first kappa shape index (κ1) is 14.8. The zero-order chi connectivity index (χ0) is 14.4. The Kier molecular flexibility index (Phi) is 4.94. The highest BCUT2D eigenvalue weighted by Crippen LogP contribution is 2.30. The monoisotopic (exact) mass is 295 g/mol. The lowest BCUT2D eigenvalue weighted by atomic mass is 9.93. The Hall–Kier alpha value is -1.63. The molecule has 1 atom stereocenters. The summed E-state index contributed by atoms with van der Waals surface area (Å²) in [7, 11) is 0. The van der Waals surface area contributed by atoms with Crippen molar-refractivity contribution in [3.63, 3.8) is 0 Å². The summed E-state index contributed by atoms with van der Waals surface area (Å²) >= 11 is 1.47. The van der Waals surface area contributed by atoms with Crippen LogP contribution in [0.15, 0.2) is 39.6 Å². The Labute approximate surface area is 121 Å². The number of carbonyl (C=O) groups is 1. The smallest absolute Gasteiger partial charge is 0.246 e. The molecule has 2 heterocycles. The molecule has 0 unspecified atom stereocenters. The van der Waals surface area contributed by atoms with Crippen LogP contribution in [0.1, 0.15) is 18.2 Å². The molecule has 20 heavy (non-hydrogen) atoms. The zero-order valence-corrected chi connectivity index (χ0v) is 12.0. The normalized spacial score (nSPS) is 13.9. The molecule has 0 bridgehead atoms. The van der Waals surface area contributed by atoms with E-state index in [4.69, 9.17) is 9.15 Å². The number of rotatable bonds is 7. The first-order chi connectivity index (χ1) is 9.66. The molecule has 2 N–H and O–H groups in total. The second kappa shape index (κ2) is 6.69. The van der Waals surface area contributed by atoms with Gasteiger partial charge in [-0.05, 0) is 35.9 Å². The van der Waals surface area contributed by atoms with Crippen LogP contribution in [0.4, 0.5) is 0 Å². The Morgan fingerprint density at radius 2 is 2.40 bits per heavy atom. The van der Waals surface area contributed by atoms with Gasteiger partial charge in [-0.2, -0.15) is 11.3 Å². The van der Waals surface area contributed by atoms with Gasteiger partial charge in [-0.1, -0.05) is 0 Å². The molecule has 0 aliphatic rings. The van der Waals surface area contributed by atoms with Crippen LogP contribution in [-0.4, -0.2) is 30.8 Å². The van der Waals surface area contributed by atoms with E-state index in [2.05, 4.69) is 5.32 Å². The number of hydrogen-bond acceptors (Lipinski definition) is 5. The van der Waals surface area contributed by atoms with Crippen LogP contribution < -0.4 is 5.32 Å². The molecule has 1 amide bonds. The van der Waals surface area contributed by atoms with Crippen molar-refractivity contribution in [2.75, 3.05) is 19.8 Å². The maximum atomic E-state index is 11.6. The summed E-state index contributed by atoms with van der Waals surface area (Å²) < 4.78 is 10.3. The molecule has 2 aromatic rings. The Balaban J connectivity index is 2.11. The standard InChI is InChI=1S/C14H17NO4S/c1-2-18-8-13(16)15-10-14(17,11-5-7-20-9-11)12-4-3-6-19-12/h3-7,9,17H,2,8,10H2,1H3,(H,15,16)/t14-/m0/s1. The number of aliphatic hydroxyl groups is 1. The molecule has 0 aromatic carbocycles. The van der Waals surface area contributed by atoms with Crippen molar-refractivity contribution in [3.8, 4) is 0 Å². The van der Waals surface area contributed by atoms with E-state index in [9.17, 15) is 9.90 Å². The van der Waals surface area contributed by atoms with Crippen LogP contribution in [0.2, 0.25) is 0 Å². The fraction of sp³-hybridized carbons (Fsp3) is 0.357. The average Bonchev–Trinajstić information content (AvgIpc) is 3.14. The third kappa shape index (κ3) is 3.27. The minimum absolute atomic E-state index is 0.0195. The lowest BCUT2D eigenvalue weighted by molar-refractivity contribution is -0.126. The number of thiophene rings is 1. The number of carbonyl (C=O) groups excluding carboxylic acids is 1. The van der Waals surface area contributed by atoms with E-state index in [0.717, 1.165) is 0 Å². The van der Waals surface area contributed by atoms with Crippen molar-refractivity contribution in [2.24, 2.45) is 0 Å². The van der Waals surface area contributed by atoms with E-state index >= 15 is 0 Å². The molecule has 0 aliphatic carbocycles. The number of furan rings is 1. The van der Waals surface area contributed by atoms with Gasteiger partial charge >= 0.3 is 0 Å². The summed E-state index contributed by atoms with van der Waals surface area (Å²) in [6, 6.07) is 5.20. The van der Waals surface area contributed by atoms with Gasteiger partial charge in [-0.3, -0.25) is 4.79 Å². The maximum absolute atomic E-state index is 11.6. The summed E-state index contributed by atoms with van der Waals surface area (Å²) in [5.74, 6) is 0.125. The maximum Gasteiger partial charge on any atom is 0.246 e. The zero-order valence-electron chi connectivity index (χ0n) is 11.2. The van der Waals surface area contributed by atoms with Gasteiger partial charge in [0.15, 0.2) is 5.60 Å². The molecule has 108 valence electrons. The fourth-order valence-electron chi connectivity index (χ4n) is 1.82. The highest BCUT2D eigenvalue weighted by Gasteiger charge is 2.35. The number of amides is 1. The van der Waals surface area contributed by atoms with Gasteiger partial charge in [-0.15, -0.1) is 0 Å². The van der Waals surface area contributed by atoms with Crippen molar-refractivity contribution in [1.29, 1.82) is 0 Å².